The second-order valence-electron chi connectivity index (χ2n) is 4.07. The summed E-state index contributed by atoms with van der Waals surface area (Å²) < 4.78 is 0. The molecule has 2 aromatic heterocycles. The number of nitrogens with one attached hydrogen (secondary N) is 2. The molecule has 2 heterocycles. The maximum Gasteiger partial charge on any atom is 0.326 e. The molecule has 0 bridgehead atoms. The summed E-state index contributed by atoms with van der Waals surface area (Å²) in [6.45, 7) is 1.83. The third-order valence-corrected chi connectivity index (χ3v) is 2.55. The normalized spacial score (nSPS) is 12.3. The number of hydrogen-bond acceptors (Lipinski definition) is 5. The van der Waals surface area contributed by atoms with E-state index in [0.29, 0.717) is 16.9 Å². The van der Waals surface area contributed by atoms with Crippen LogP contribution in [0.2, 0.25) is 0 Å². The van der Waals surface area contributed by atoms with Crippen LogP contribution in [-0.4, -0.2) is 43.1 Å². The minimum Gasteiger partial charge on any atom is -0.481 e. The highest BCUT2D eigenvalue weighted by molar-refractivity contribution is 5.90. The Bertz CT molecular complexity index is 637. The van der Waals surface area contributed by atoms with Gasteiger partial charge in [0.1, 0.15) is 23.8 Å². The van der Waals surface area contributed by atoms with Crippen molar-refractivity contribution in [1.29, 1.82) is 0 Å². The number of fused-ring (bicyclic) bond motifs is 1. The Morgan fingerprint density at radius 2 is 2.16 bits per heavy atom. The minimum atomic E-state index is -1.25. The van der Waals surface area contributed by atoms with Crippen LogP contribution in [0.4, 0.5) is 5.82 Å². The molecule has 19 heavy (non-hydrogen) atoms. The minimum absolute atomic E-state index is 0.294. The summed E-state index contributed by atoms with van der Waals surface area (Å²) in [5, 5.41) is 20.9. The summed E-state index contributed by atoms with van der Waals surface area (Å²) in [4.78, 5) is 32.6. The molecular formula is C11H12N4O4. The first-order valence-electron chi connectivity index (χ1n) is 5.49. The van der Waals surface area contributed by atoms with Crippen LogP contribution >= 0.6 is 0 Å². The van der Waals surface area contributed by atoms with E-state index < -0.39 is 24.4 Å². The molecule has 0 spiro atoms. The van der Waals surface area contributed by atoms with Crippen LogP contribution in [0.1, 0.15) is 12.1 Å². The topological polar surface area (TPSA) is 128 Å². The lowest BCUT2D eigenvalue weighted by Gasteiger charge is -2.13. The van der Waals surface area contributed by atoms with Crippen molar-refractivity contribution < 1.29 is 19.8 Å². The van der Waals surface area contributed by atoms with Crippen molar-refractivity contribution in [1.82, 2.24) is 15.0 Å². The van der Waals surface area contributed by atoms with Crippen LogP contribution in [0, 0.1) is 6.92 Å². The van der Waals surface area contributed by atoms with Gasteiger partial charge in [0.2, 0.25) is 0 Å². The highest BCUT2D eigenvalue weighted by Gasteiger charge is 2.22. The van der Waals surface area contributed by atoms with Gasteiger partial charge in [0.05, 0.1) is 11.8 Å². The molecule has 0 saturated carbocycles. The van der Waals surface area contributed by atoms with Crippen LogP contribution in [0.25, 0.3) is 11.0 Å². The first kappa shape index (κ1) is 12.8. The average molecular weight is 264 g/mol. The number of rotatable bonds is 5. The van der Waals surface area contributed by atoms with Crippen LogP contribution in [0.3, 0.4) is 0 Å². The van der Waals surface area contributed by atoms with Gasteiger partial charge in [0.25, 0.3) is 0 Å². The number of carboxylic acids is 2. The van der Waals surface area contributed by atoms with Crippen molar-refractivity contribution in [2.24, 2.45) is 0 Å². The molecule has 0 fully saturated rings. The van der Waals surface area contributed by atoms with Crippen molar-refractivity contribution >= 4 is 28.8 Å². The second-order valence-corrected chi connectivity index (χ2v) is 4.07. The van der Waals surface area contributed by atoms with Gasteiger partial charge in [-0.1, -0.05) is 0 Å². The van der Waals surface area contributed by atoms with Crippen LogP contribution in [0.5, 0.6) is 0 Å². The summed E-state index contributed by atoms with van der Waals surface area (Å²) in [6.07, 6.45) is 0.741. The SMILES string of the molecule is Cc1cc2c(NC(CC(=O)O)C(=O)O)ncnc2[nH]1. The Balaban J connectivity index is 2.33. The molecule has 100 valence electrons. The summed E-state index contributed by atoms with van der Waals surface area (Å²) in [6, 6.07) is 0.517. The molecule has 0 aliphatic carbocycles. The smallest absolute Gasteiger partial charge is 0.326 e. The highest BCUT2D eigenvalue weighted by Crippen LogP contribution is 2.20. The van der Waals surface area contributed by atoms with Crippen LogP contribution in [0.15, 0.2) is 12.4 Å². The maximum atomic E-state index is 11.0. The molecule has 0 radical (unpaired) electrons. The van der Waals surface area contributed by atoms with Crippen molar-refractivity contribution in [3.8, 4) is 0 Å². The molecule has 0 amide bonds. The van der Waals surface area contributed by atoms with Gasteiger partial charge >= 0.3 is 11.9 Å². The second kappa shape index (κ2) is 4.92. The number of aryl methyl sites for hydroxylation is 1. The number of carbonyl (C=O) groups is 2. The van der Waals surface area contributed by atoms with Gasteiger partial charge in [-0.3, -0.25) is 4.79 Å². The lowest BCUT2D eigenvalue weighted by Crippen LogP contribution is -2.32. The number of aliphatic carboxylic acids is 2. The number of hydrogen-bond donors (Lipinski definition) is 4. The van der Waals surface area contributed by atoms with Gasteiger partial charge in [0.15, 0.2) is 0 Å². The lowest BCUT2D eigenvalue weighted by atomic mass is 10.2. The van der Waals surface area contributed by atoms with Gasteiger partial charge in [-0.05, 0) is 13.0 Å². The summed E-state index contributed by atoms with van der Waals surface area (Å²) in [7, 11) is 0. The zero-order valence-electron chi connectivity index (χ0n) is 10.0. The number of H-pyrrole nitrogens is 1. The first-order valence-corrected chi connectivity index (χ1v) is 5.49. The van der Waals surface area contributed by atoms with Crippen molar-refractivity contribution in [3.63, 3.8) is 0 Å². The Kier molecular flexibility index (Phi) is 3.32. The predicted octanol–water partition coefficient (Wildman–Crippen LogP) is 0.606. The molecule has 8 heteroatoms. The van der Waals surface area contributed by atoms with Gasteiger partial charge in [-0.15, -0.1) is 0 Å². The van der Waals surface area contributed by atoms with E-state index in [1.807, 2.05) is 6.92 Å². The zero-order valence-corrected chi connectivity index (χ0v) is 10.0. The molecule has 0 aliphatic heterocycles. The van der Waals surface area contributed by atoms with Crippen molar-refractivity contribution in [2.45, 2.75) is 19.4 Å². The van der Waals surface area contributed by atoms with E-state index in [1.165, 1.54) is 6.33 Å². The maximum absolute atomic E-state index is 11.0. The van der Waals surface area contributed by atoms with Gasteiger partial charge < -0.3 is 20.5 Å². The molecule has 2 rings (SSSR count). The van der Waals surface area contributed by atoms with Crippen LogP contribution < -0.4 is 5.32 Å². The average Bonchev–Trinajstić information content (AvgIpc) is 2.68. The highest BCUT2D eigenvalue weighted by atomic mass is 16.4. The van der Waals surface area contributed by atoms with E-state index in [9.17, 15) is 9.59 Å². The lowest BCUT2D eigenvalue weighted by molar-refractivity contribution is -0.144. The first-order chi connectivity index (χ1) is 8.97. The van der Waals surface area contributed by atoms with E-state index in [4.69, 9.17) is 10.2 Å². The number of aromatic amines is 1. The fourth-order valence-corrected chi connectivity index (χ4v) is 1.73. The Morgan fingerprint density at radius 1 is 1.42 bits per heavy atom. The van der Waals surface area contributed by atoms with E-state index in [0.717, 1.165) is 5.69 Å². The van der Waals surface area contributed by atoms with E-state index >= 15 is 0 Å². The number of nitrogens with zero attached hydrogens (tertiary/aromatic N) is 2. The fourth-order valence-electron chi connectivity index (χ4n) is 1.73. The molecule has 2 aromatic rings. The van der Waals surface area contributed by atoms with E-state index in [-0.39, 0.29) is 0 Å². The Labute approximate surface area is 107 Å². The number of aromatic nitrogens is 3. The monoisotopic (exact) mass is 264 g/mol. The van der Waals surface area contributed by atoms with E-state index in [1.54, 1.807) is 6.07 Å². The molecule has 8 nitrogen and oxygen atoms in total. The van der Waals surface area contributed by atoms with Crippen molar-refractivity contribution in [2.75, 3.05) is 5.32 Å². The number of carboxylic acid groups (broad SMARTS) is 2. The fraction of sp³-hybridized carbons (Fsp3) is 0.273. The molecule has 0 aliphatic rings. The summed E-state index contributed by atoms with van der Waals surface area (Å²) in [5.74, 6) is -2.15. The molecule has 1 atom stereocenters. The predicted molar refractivity (Wildman–Crippen MR) is 65.9 cm³/mol. The molecular weight excluding hydrogens is 252 g/mol. The Hall–Kier alpha value is -2.64. The van der Waals surface area contributed by atoms with E-state index in [2.05, 4.69) is 20.3 Å². The van der Waals surface area contributed by atoms with Gasteiger partial charge in [-0.2, -0.15) is 0 Å². The third kappa shape index (κ3) is 2.79. The summed E-state index contributed by atoms with van der Waals surface area (Å²) >= 11 is 0. The molecule has 1 unspecified atom stereocenters. The molecule has 0 saturated heterocycles. The zero-order chi connectivity index (χ0) is 14.0. The van der Waals surface area contributed by atoms with Gasteiger partial charge in [0, 0.05) is 5.69 Å². The number of anilines is 1. The van der Waals surface area contributed by atoms with Crippen LogP contribution in [-0.2, 0) is 9.59 Å². The third-order valence-electron chi connectivity index (χ3n) is 2.55. The van der Waals surface area contributed by atoms with Crippen molar-refractivity contribution in [3.05, 3.63) is 18.1 Å². The summed E-state index contributed by atoms with van der Waals surface area (Å²) in [5.41, 5.74) is 1.41. The largest absolute Gasteiger partial charge is 0.481 e. The van der Waals surface area contributed by atoms with Gasteiger partial charge in [-0.25, -0.2) is 14.8 Å². The standard InChI is InChI=1S/C11H12N4O4/c1-5-2-6-9(14-5)12-4-13-10(6)15-7(11(18)19)3-8(16)17/h2,4,7H,3H2,1H3,(H,16,17)(H,18,19)(H2,12,13,14,15). The quantitative estimate of drug-likeness (QED) is 0.622. The molecule has 4 N–H and O–H groups in total. The Morgan fingerprint density at radius 3 is 2.79 bits per heavy atom. The molecule has 0 aromatic carbocycles.